The van der Waals surface area contributed by atoms with E-state index >= 15 is 0 Å². The van der Waals surface area contributed by atoms with Gasteiger partial charge in [0.05, 0.1) is 0 Å². The molecule has 3 rings (SSSR count). The van der Waals surface area contributed by atoms with E-state index in [1.807, 2.05) is 49.5 Å². The molecule has 0 aliphatic heterocycles. The predicted molar refractivity (Wildman–Crippen MR) is 93.0 cm³/mol. The van der Waals surface area contributed by atoms with Crippen LogP contribution in [0.4, 0.5) is 4.39 Å². The van der Waals surface area contributed by atoms with Gasteiger partial charge in [0.2, 0.25) is 5.91 Å². The van der Waals surface area contributed by atoms with E-state index in [0.717, 1.165) is 22.0 Å². The fraction of sp³-hybridized carbons (Fsp3) is 0.211. The number of rotatable bonds is 5. The minimum atomic E-state index is -0.459. The topological polar surface area (TPSA) is 48.1 Å². The number of carbonyl (C=O) groups is 1. The number of nitrogens with zero attached hydrogens (tertiary/aromatic N) is 1. The van der Waals surface area contributed by atoms with E-state index < -0.39 is 6.04 Å². The second-order valence-electron chi connectivity index (χ2n) is 6.03. The van der Waals surface area contributed by atoms with Gasteiger partial charge >= 0.3 is 0 Å². The molecule has 24 heavy (non-hydrogen) atoms. The van der Waals surface area contributed by atoms with Gasteiger partial charge in [0.1, 0.15) is 11.9 Å². The molecule has 0 radical (unpaired) electrons. The van der Waals surface area contributed by atoms with Gasteiger partial charge in [-0.1, -0.05) is 24.3 Å². The molecule has 4 nitrogen and oxygen atoms in total. The van der Waals surface area contributed by atoms with Crippen molar-refractivity contribution in [2.75, 3.05) is 14.1 Å². The highest BCUT2D eigenvalue weighted by Crippen LogP contribution is 2.19. The fourth-order valence-electron chi connectivity index (χ4n) is 2.82. The van der Waals surface area contributed by atoms with E-state index in [1.54, 1.807) is 12.1 Å². The van der Waals surface area contributed by atoms with E-state index in [-0.39, 0.29) is 11.7 Å². The summed E-state index contributed by atoms with van der Waals surface area (Å²) in [6, 6.07) is 13.6. The monoisotopic (exact) mass is 325 g/mol. The molecule has 124 valence electrons. The highest BCUT2D eigenvalue weighted by molar-refractivity contribution is 5.83. The first-order valence-electron chi connectivity index (χ1n) is 7.80. The Labute approximate surface area is 140 Å². The molecule has 0 fully saturated rings. The van der Waals surface area contributed by atoms with Crippen LogP contribution >= 0.6 is 0 Å². The standard InChI is InChI=1S/C19H20FN3O/c1-23(2)18(15-5-7-16(20)8-6-15)19(24)22-12-13-3-4-14-9-10-21-17(14)11-13/h3-11,18,21H,12H2,1-2H3,(H,22,24). The van der Waals surface area contributed by atoms with Gasteiger partial charge in [-0.05, 0) is 54.9 Å². The summed E-state index contributed by atoms with van der Waals surface area (Å²) in [5.74, 6) is -0.422. The lowest BCUT2D eigenvalue weighted by atomic mass is 10.0. The summed E-state index contributed by atoms with van der Waals surface area (Å²) in [4.78, 5) is 17.6. The zero-order valence-electron chi connectivity index (χ0n) is 13.7. The van der Waals surface area contributed by atoms with Crippen LogP contribution in [0.15, 0.2) is 54.7 Å². The van der Waals surface area contributed by atoms with Gasteiger partial charge in [0.15, 0.2) is 0 Å². The van der Waals surface area contributed by atoms with E-state index in [4.69, 9.17) is 0 Å². The van der Waals surface area contributed by atoms with Gasteiger partial charge in [0.25, 0.3) is 0 Å². The van der Waals surface area contributed by atoms with Gasteiger partial charge in [-0.3, -0.25) is 9.69 Å². The highest BCUT2D eigenvalue weighted by Gasteiger charge is 2.22. The predicted octanol–water partition coefficient (Wildman–Crippen LogP) is 3.23. The average Bonchev–Trinajstić information content (AvgIpc) is 3.02. The zero-order valence-corrected chi connectivity index (χ0v) is 13.7. The number of hydrogen-bond acceptors (Lipinski definition) is 2. The Hall–Kier alpha value is -2.66. The molecule has 1 heterocycles. The Morgan fingerprint density at radius 3 is 2.62 bits per heavy atom. The van der Waals surface area contributed by atoms with Crippen molar-refractivity contribution >= 4 is 16.8 Å². The summed E-state index contributed by atoms with van der Waals surface area (Å²) in [7, 11) is 3.66. The maximum atomic E-state index is 13.1. The highest BCUT2D eigenvalue weighted by atomic mass is 19.1. The molecule has 0 spiro atoms. The first kappa shape index (κ1) is 16.2. The van der Waals surface area contributed by atoms with Crippen molar-refractivity contribution in [2.24, 2.45) is 0 Å². The van der Waals surface area contributed by atoms with Crippen LogP contribution in [0.5, 0.6) is 0 Å². The SMILES string of the molecule is CN(C)C(C(=O)NCc1ccc2cc[nH]c2c1)c1ccc(F)cc1. The molecule has 0 saturated heterocycles. The summed E-state index contributed by atoms with van der Waals surface area (Å²) in [6.45, 7) is 0.444. The number of carbonyl (C=O) groups excluding carboxylic acids is 1. The van der Waals surface area contributed by atoms with Crippen LogP contribution in [0.3, 0.4) is 0 Å². The number of fused-ring (bicyclic) bond motifs is 1. The van der Waals surface area contributed by atoms with Crippen molar-refractivity contribution in [1.82, 2.24) is 15.2 Å². The van der Waals surface area contributed by atoms with Crippen molar-refractivity contribution < 1.29 is 9.18 Å². The summed E-state index contributed by atoms with van der Waals surface area (Å²) in [6.07, 6.45) is 1.89. The molecule has 1 amide bonds. The second-order valence-corrected chi connectivity index (χ2v) is 6.03. The van der Waals surface area contributed by atoms with E-state index in [1.165, 1.54) is 12.1 Å². The molecule has 0 bridgehead atoms. The van der Waals surface area contributed by atoms with Crippen molar-refractivity contribution in [3.8, 4) is 0 Å². The number of benzene rings is 2. The number of aromatic nitrogens is 1. The Balaban J connectivity index is 1.72. The minimum Gasteiger partial charge on any atom is -0.361 e. The third kappa shape index (κ3) is 3.46. The summed E-state index contributed by atoms with van der Waals surface area (Å²) < 4.78 is 13.1. The Morgan fingerprint density at radius 2 is 1.92 bits per heavy atom. The van der Waals surface area contributed by atoms with Crippen LogP contribution in [0, 0.1) is 5.82 Å². The number of aromatic amines is 1. The maximum Gasteiger partial charge on any atom is 0.242 e. The fourth-order valence-corrected chi connectivity index (χ4v) is 2.82. The first-order valence-corrected chi connectivity index (χ1v) is 7.80. The van der Waals surface area contributed by atoms with Crippen LogP contribution in [-0.2, 0) is 11.3 Å². The maximum absolute atomic E-state index is 13.1. The van der Waals surface area contributed by atoms with Gasteiger partial charge < -0.3 is 10.3 Å². The van der Waals surface area contributed by atoms with Gasteiger partial charge in [0, 0.05) is 18.3 Å². The summed E-state index contributed by atoms with van der Waals surface area (Å²) >= 11 is 0. The van der Waals surface area contributed by atoms with E-state index in [0.29, 0.717) is 6.54 Å². The molecule has 1 aromatic heterocycles. The smallest absolute Gasteiger partial charge is 0.242 e. The Bertz CT molecular complexity index is 839. The quantitative estimate of drug-likeness (QED) is 0.757. The zero-order chi connectivity index (χ0) is 17.1. The largest absolute Gasteiger partial charge is 0.361 e. The lowest BCUT2D eigenvalue weighted by molar-refractivity contribution is -0.125. The number of nitrogens with one attached hydrogen (secondary N) is 2. The first-order chi connectivity index (χ1) is 11.5. The molecule has 1 atom stereocenters. The molecule has 0 aliphatic carbocycles. The van der Waals surface area contributed by atoms with Crippen LogP contribution in [-0.4, -0.2) is 29.9 Å². The number of halogens is 1. The third-order valence-electron chi connectivity index (χ3n) is 4.04. The molecular weight excluding hydrogens is 305 g/mol. The number of hydrogen-bond donors (Lipinski definition) is 2. The van der Waals surface area contributed by atoms with Gasteiger partial charge in [-0.25, -0.2) is 4.39 Å². The van der Waals surface area contributed by atoms with E-state index in [9.17, 15) is 9.18 Å². The molecule has 2 aromatic carbocycles. The Kier molecular flexibility index (Phi) is 4.62. The third-order valence-corrected chi connectivity index (χ3v) is 4.04. The lowest BCUT2D eigenvalue weighted by Crippen LogP contribution is -2.36. The summed E-state index contributed by atoms with van der Waals surface area (Å²) in [5.41, 5.74) is 2.83. The van der Waals surface area contributed by atoms with Crippen molar-refractivity contribution in [1.29, 1.82) is 0 Å². The number of amides is 1. The van der Waals surface area contributed by atoms with Crippen molar-refractivity contribution in [3.63, 3.8) is 0 Å². The molecule has 1 unspecified atom stereocenters. The molecule has 5 heteroatoms. The number of likely N-dealkylation sites (N-methyl/N-ethyl adjacent to an activating group) is 1. The lowest BCUT2D eigenvalue weighted by Gasteiger charge is -2.24. The number of H-pyrrole nitrogens is 1. The molecular formula is C19H20FN3O. The van der Waals surface area contributed by atoms with Crippen LogP contribution in [0.2, 0.25) is 0 Å². The van der Waals surface area contributed by atoms with Crippen LogP contribution in [0.25, 0.3) is 10.9 Å². The van der Waals surface area contributed by atoms with Crippen molar-refractivity contribution in [2.45, 2.75) is 12.6 Å². The molecule has 0 aliphatic rings. The second kappa shape index (κ2) is 6.84. The van der Waals surface area contributed by atoms with E-state index in [2.05, 4.69) is 10.3 Å². The van der Waals surface area contributed by atoms with Crippen molar-refractivity contribution in [3.05, 3.63) is 71.7 Å². The average molecular weight is 325 g/mol. The normalized spacial score (nSPS) is 12.5. The molecule has 2 N–H and O–H groups in total. The molecule has 3 aromatic rings. The molecule has 0 saturated carbocycles. The van der Waals surface area contributed by atoms with Gasteiger partial charge in [-0.15, -0.1) is 0 Å². The Morgan fingerprint density at radius 1 is 1.17 bits per heavy atom. The van der Waals surface area contributed by atoms with Gasteiger partial charge in [-0.2, -0.15) is 0 Å². The van der Waals surface area contributed by atoms with Crippen LogP contribution < -0.4 is 5.32 Å². The van der Waals surface area contributed by atoms with Crippen LogP contribution in [0.1, 0.15) is 17.2 Å². The summed E-state index contributed by atoms with van der Waals surface area (Å²) in [5, 5.41) is 4.10. The minimum absolute atomic E-state index is 0.113.